The first kappa shape index (κ1) is 20.0. The summed E-state index contributed by atoms with van der Waals surface area (Å²) in [7, 11) is 0. The third kappa shape index (κ3) is 4.00. The number of H-pyrrole nitrogens is 1. The zero-order chi connectivity index (χ0) is 20.5. The molecular weight excluding hydrogens is 388 g/mol. The summed E-state index contributed by atoms with van der Waals surface area (Å²) in [5.74, 6) is 1.67. The number of rotatable bonds is 6. The van der Waals surface area contributed by atoms with E-state index in [1.165, 1.54) is 65.0 Å². The van der Waals surface area contributed by atoms with Crippen LogP contribution in [0, 0.1) is 0 Å². The number of fused-ring (bicyclic) bond motifs is 2. The fourth-order valence-corrected chi connectivity index (χ4v) is 6.02. The third-order valence-electron chi connectivity index (χ3n) is 6.93. The van der Waals surface area contributed by atoms with Crippen LogP contribution in [0.4, 0.5) is 0 Å². The monoisotopic (exact) mass is 420 g/mol. The van der Waals surface area contributed by atoms with Gasteiger partial charge in [-0.25, -0.2) is 0 Å². The highest BCUT2D eigenvalue weighted by Gasteiger charge is 2.33. The lowest BCUT2D eigenvalue weighted by atomic mass is 9.85. The zero-order valence-electron chi connectivity index (χ0n) is 18.1. The number of para-hydroxylation sites is 1. The van der Waals surface area contributed by atoms with Crippen molar-refractivity contribution in [2.75, 3.05) is 13.1 Å². The van der Waals surface area contributed by atoms with Crippen molar-refractivity contribution in [1.82, 2.24) is 9.88 Å². The first-order valence-electron chi connectivity index (χ1n) is 11.5. The summed E-state index contributed by atoms with van der Waals surface area (Å²) in [4.78, 5) is 8.71. The minimum Gasteiger partial charge on any atom is -0.490 e. The van der Waals surface area contributed by atoms with E-state index in [0.717, 1.165) is 18.2 Å². The van der Waals surface area contributed by atoms with Crippen molar-refractivity contribution in [2.45, 2.75) is 73.8 Å². The van der Waals surface area contributed by atoms with Crippen LogP contribution in [0.2, 0.25) is 0 Å². The predicted octanol–water partition coefficient (Wildman–Crippen LogP) is 6.84. The second kappa shape index (κ2) is 8.68. The van der Waals surface area contributed by atoms with Gasteiger partial charge >= 0.3 is 0 Å². The molecule has 0 amide bonds. The molecule has 3 aromatic rings. The highest BCUT2D eigenvalue weighted by atomic mass is 32.2. The average molecular weight is 421 g/mol. The van der Waals surface area contributed by atoms with Crippen molar-refractivity contribution < 1.29 is 4.74 Å². The summed E-state index contributed by atoms with van der Waals surface area (Å²) in [5, 5.41) is 1.40. The number of aromatic amines is 1. The summed E-state index contributed by atoms with van der Waals surface area (Å²) >= 11 is 1.81. The van der Waals surface area contributed by atoms with E-state index in [1.807, 2.05) is 11.8 Å². The molecule has 0 radical (unpaired) electrons. The fourth-order valence-electron chi connectivity index (χ4n) is 5.09. The van der Waals surface area contributed by atoms with Crippen molar-refractivity contribution in [2.24, 2.45) is 0 Å². The summed E-state index contributed by atoms with van der Waals surface area (Å²) < 4.78 is 6.17. The lowest BCUT2D eigenvalue weighted by Crippen LogP contribution is -2.37. The highest BCUT2D eigenvalue weighted by molar-refractivity contribution is 7.99. The van der Waals surface area contributed by atoms with E-state index in [0.29, 0.717) is 5.92 Å². The molecule has 5 rings (SSSR count). The number of benzene rings is 2. The molecule has 2 aliphatic heterocycles. The Morgan fingerprint density at radius 1 is 1.17 bits per heavy atom. The van der Waals surface area contributed by atoms with Gasteiger partial charge in [-0.2, -0.15) is 0 Å². The Morgan fingerprint density at radius 2 is 2.07 bits per heavy atom. The van der Waals surface area contributed by atoms with Crippen LogP contribution in [0.15, 0.2) is 58.5 Å². The standard InChI is InChI=1S/C26H32N2OS/c1-3-18(2)29-25-8-4-5-9-26(25)30-21-10-11-24-22(16-21)23(17-27-24)19-12-14-28-13-6-7-20(28)15-19/h4-5,8-11,16-20,27H,3,6-7,12-15H2,1-2H3. The van der Waals surface area contributed by atoms with Gasteiger partial charge in [0.2, 0.25) is 0 Å². The van der Waals surface area contributed by atoms with E-state index in [-0.39, 0.29) is 6.10 Å². The normalized spacial score (nSPS) is 22.9. The van der Waals surface area contributed by atoms with Crippen LogP contribution in [-0.4, -0.2) is 35.1 Å². The van der Waals surface area contributed by atoms with E-state index in [2.05, 4.69) is 72.4 Å². The quantitative estimate of drug-likeness (QED) is 0.473. The van der Waals surface area contributed by atoms with E-state index >= 15 is 0 Å². The first-order chi connectivity index (χ1) is 14.7. The van der Waals surface area contributed by atoms with Crippen molar-refractivity contribution in [3.63, 3.8) is 0 Å². The van der Waals surface area contributed by atoms with Gasteiger partial charge in [-0.3, -0.25) is 0 Å². The van der Waals surface area contributed by atoms with Crippen molar-refractivity contribution in [1.29, 1.82) is 0 Å². The van der Waals surface area contributed by atoms with Gasteiger partial charge in [0.1, 0.15) is 5.75 Å². The molecule has 30 heavy (non-hydrogen) atoms. The Balaban J connectivity index is 1.40. The molecule has 0 saturated carbocycles. The molecule has 0 bridgehead atoms. The van der Waals surface area contributed by atoms with E-state index in [4.69, 9.17) is 4.74 Å². The summed E-state index contributed by atoms with van der Waals surface area (Å²) in [6.07, 6.45) is 8.87. The third-order valence-corrected chi connectivity index (χ3v) is 7.97. The second-order valence-electron chi connectivity index (χ2n) is 8.89. The van der Waals surface area contributed by atoms with Crippen molar-refractivity contribution in [3.05, 3.63) is 54.2 Å². The van der Waals surface area contributed by atoms with Crippen LogP contribution < -0.4 is 4.74 Å². The minimum absolute atomic E-state index is 0.229. The number of nitrogens with one attached hydrogen (secondary N) is 1. The van der Waals surface area contributed by atoms with Gasteiger partial charge in [-0.05, 0) is 93.9 Å². The second-order valence-corrected chi connectivity index (χ2v) is 10.0. The molecule has 0 spiro atoms. The lowest BCUT2D eigenvalue weighted by molar-refractivity contribution is 0.181. The fraction of sp³-hybridized carbons (Fsp3) is 0.462. The molecule has 158 valence electrons. The van der Waals surface area contributed by atoms with Gasteiger partial charge in [0.15, 0.2) is 0 Å². The van der Waals surface area contributed by atoms with Crippen LogP contribution >= 0.6 is 11.8 Å². The molecule has 2 aromatic carbocycles. The SMILES string of the molecule is CCC(C)Oc1ccccc1Sc1ccc2[nH]cc(C3CCN4CCCC4C3)c2c1. The van der Waals surface area contributed by atoms with Crippen LogP contribution in [-0.2, 0) is 0 Å². The van der Waals surface area contributed by atoms with Gasteiger partial charge < -0.3 is 14.6 Å². The van der Waals surface area contributed by atoms with Crippen LogP contribution in [0.1, 0.15) is 57.4 Å². The van der Waals surface area contributed by atoms with Gasteiger partial charge in [0.25, 0.3) is 0 Å². The van der Waals surface area contributed by atoms with Crippen molar-refractivity contribution in [3.8, 4) is 5.75 Å². The number of nitrogens with zero attached hydrogens (tertiary/aromatic N) is 1. The molecule has 3 nitrogen and oxygen atoms in total. The molecule has 2 aliphatic rings. The Morgan fingerprint density at radius 3 is 2.97 bits per heavy atom. The molecule has 0 aliphatic carbocycles. The van der Waals surface area contributed by atoms with E-state index in [1.54, 1.807) is 0 Å². The molecule has 1 N–H and O–H groups in total. The van der Waals surface area contributed by atoms with Gasteiger partial charge in [0.05, 0.1) is 11.0 Å². The molecule has 1 aromatic heterocycles. The molecular formula is C26H32N2OS. The minimum atomic E-state index is 0.229. The predicted molar refractivity (Wildman–Crippen MR) is 126 cm³/mol. The summed E-state index contributed by atoms with van der Waals surface area (Å²) in [5.41, 5.74) is 2.77. The van der Waals surface area contributed by atoms with E-state index < -0.39 is 0 Å². The average Bonchev–Trinajstić information content (AvgIpc) is 3.41. The van der Waals surface area contributed by atoms with Gasteiger partial charge in [-0.1, -0.05) is 30.8 Å². The molecule has 3 unspecified atom stereocenters. The van der Waals surface area contributed by atoms with E-state index in [9.17, 15) is 0 Å². The number of ether oxygens (including phenoxy) is 1. The first-order valence-corrected chi connectivity index (χ1v) is 12.3. The highest BCUT2D eigenvalue weighted by Crippen LogP contribution is 2.41. The number of piperidine rings is 1. The maximum Gasteiger partial charge on any atom is 0.133 e. The smallest absolute Gasteiger partial charge is 0.133 e. The number of aromatic nitrogens is 1. The maximum absolute atomic E-state index is 6.17. The van der Waals surface area contributed by atoms with Gasteiger partial charge in [0, 0.05) is 28.0 Å². The van der Waals surface area contributed by atoms with Crippen LogP contribution in [0.3, 0.4) is 0 Å². The largest absolute Gasteiger partial charge is 0.490 e. The number of hydrogen-bond acceptors (Lipinski definition) is 3. The molecule has 4 heteroatoms. The molecule has 2 fully saturated rings. The topological polar surface area (TPSA) is 28.3 Å². The van der Waals surface area contributed by atoms with Crippen molar-refractivity contribution >= 4 is 22.7 Å². The zero-order valence-corrected chi connectivity index (χ0v) is 18.9. The molecule has 2 saturated heterocycles. The molecule has 3 heterocycles. The Bertz CT molecular complexity index is 1010. The Kier molecular flexibility index (Phi) is 5.79. The maximum atomic E-state index is 6.17. The summed E-state index contributed by atoms with van der Waals surface area (Å²) in [6, 6.07) is 16.1. The Labute approximate surface area is 184 Å². The Hall–Kier alpha value is -1.91. The number of hydrogen-bond donors (Lipinski definition) is 1. The van der Waals surface area contributed by atoms with Crippen LogP contribution in [0.5, 0.6) is 5.75 Å². The van der Waals surface area contributed by atoms with Gasteiger partial charge in [-0.15, -0.1) is 0 Å². The molecule has 3 atom stereocenters. The lowest BCUT2D eigenvalue weighted by Gasteiger charge is -2.34. The summed E-state index contributed by atoms with van der Waals surface area (Å²) in [6.45, 7) is 6.87. The van der Waals surface area contributed by atoms with Crippen LogP contribution in [0.25, 0.3) is 10.9 Å².